The van der Waals surface area contributed by atoms with E-state index in [4.69, 9.17) is 4.74 Å². The van der Waals surface area contributed by atoms with Crippen LogP contribution >= 0.6 is 0 Å². The number of epoxide rings is 1. The van der Waals surface area contributed by atoms with E-state index < -0.39 is 5.60 Å². The van der Waals surface area contributed by atoms with Crippen LogP contribution in [0, 0.1) is 17.3 Å². The van der Waals surface area contributed by atoms with Gasteiger partial charge < -0.3 is 4.74 Å². The topological polar surface area (TPSA) is 63.7 Å². The Labute approximate surface area is 142 Å². The van der Waals surface area contributed by atoms with Gasteiger partial charge in [-0.25, -0.2) is 0 Å². The van der Waals surface area contributed by atoms with Crippen LogP contribution in [-0.4, -0.2) is 29.1 Å². The summed E-state index contributed by atoms with van der Waals surface area (Å²) >= 11 is 0. The summed E-state index contributed by atoms with van der Waals surface area (Å²) in [5.74, 6) is 0.540. The molecule has 3 fully saturated rings. The number of carbonyl (C=O) groups excluding carboxylic acids is 3. The summed E-state index contributed by atoms with van der Waals surface area (Å²) in [5, 5.41) is 0. The fourth-order valence-corrected chi connectivity index (χ4v) is 5.34. The van der Waals surface area contributed by atoms with Gasteiger partial charge in [-0.1, -0.05) is 18.6 Å². The predicted octanol–water partition coefficient (Wildman–Crippen LogP) is 2.95. The van der Waals surface area contributed by atoms with Crippen LogP contribution in [-0.2, 0) is 19.1 Å². The number of hydrogen-bond donors (Lipinski definition) is 0. The summed E-state index contributed by atoms with van der Waals surface area (Å²) in [4.78, 5) is 36.8. The van der Waals surface area contributed by atoms with Gasteiger partial charge in [-0.05, 0) is 57.1 Å². The molecule has 0 N–H and O–H groups in total. The zero-order valence-electron chi connectivity index (χ0n) is 14.3. The molecule has 1 aliphatic heterocycles. The van der Waals surface area contributed by atoms with Gasteiger partial charge in [0.25, 0.3) is 0 Å². The van der Waals surface area contributed by atoms with E-state index in [1.165, 1.54) is 0 Å². The Kier molecular flexibility index (Phi) is 3.47. The molecular weight excluding hydrogens is 304 g/mol. The van der Waals surface area contributed by atoms with Gasteiger partial charge in [0.1, 0.15) is 5.78 Å². The molecule has 4 heteroatoms. The van der Waals surface area contributed by atoms with E-state index in [9.17, 15) is 14.4 Å². The lowest BCUT2D eigenvalue weighted by atomic mass is 9.56. The van der Waals surface area contributed by atoms with E-state index >= 15 is 0 Å². The molecule has 3 aliphatic carbocycles. The fraction of sp³-hybridized carbons (Fsp3) is 0.650. The monoisotopic (exact) mass is 328 g/mol. The quantitative estimate of drug-likeness (QED) is 0.694. The summed E-state index contributed by atoms with van der Waals surface area (Å²) in [7, 11) is 0. The smallest absolute Gasteiger partial charge is 0.178 e. The Morgan fingerprint density at radius 1 is 1.21 bits per heavy atom. The number of ketones is 3. The fourth-order valence-electron chi connectivity index (χ4n) is 5.34. The second-order valence-corrected chi connectivity index (χ2v) is 8.06. The molecule has 1 saturated heterocycles. The number of hydrogen-bond acceptors (Lipinski definition) is 4. The summed E-state index contributed by atoms with van der Waals surface area (Å²) in [6.07, 6.45) is 9.78. The Balaban J connectivity index is 1.66. The van der Waals surface area contributed by atoms with Crippen molar-refractivity contribution in [3.05, 3.63) is 23.8 Å². The minimum atomic E-state index is -0.693. The van der Waals surface area contributed by atoms with Crippen LogP contribution in [0.2, 0.25) is 0 Å². The Morgan fingerprint density at radius 3 is 2.75 bits per heavy atom. The maximum absolute atomic E-state index is 13.1. The number of Topliss-reactive ketones (excluding diaryl/α,β-unsaturated/α-hetero) is 2. The van der Waals surface area contributed by atoms with Crippen molar-refractivity contribution in [3.63, 3.8) is 0 Å². The molecule has 0 bridgehead atoms. The lowest BCUT2D eigenvalue weighted by Crippen LogP contribution is -2.43. The third kappa shape index (κ3) is 2.19. The normalized spacial score (nSPS) is 44.2. The average molecular weight is 328 g/mol. The Morgan fingerprint density at radius 2 is 2.00 bits per heavy atom. The minimum absolute atomic E-state index is 0.00484. The molecule has 0 aromatic heterocycles. The molecule has 4 nitrogen and oxygen atoms in total. The maximum atomic E-state index is 13.1. The molecule has 5 atom stereocenters. The van der Waals surface area contributed by atoms with Crippen molar-refractivity contribution >= 4 is 17.3 Å². The highest BCUT2D eigenvalue weighted by Gasteiger charge is 2.61. The van der Waals surface area contributed by atoms with Gasteiger partial charge in [0.15, 0.2) is 17.2 Å². The van der Waals surface area contributed by atoms with Crippen molar-refractivity contribution < 1.29 is 19.1 Å². The standard InChI is InChI=1S/C20H24O4/c1-12(21)20-10-8-16(23)18-13(4-6-17(20)24-20)3-5-14-11-15(22)7-9-19(14,18)2/h7,9,11,13,17-18H,3-6,8,10H2,1-2H3. The van der Waals surface area contributed by atoms with Crippen LogP contribution in [0.15, 0.2) is 23.8 Å². The van der Waals surface area contributed by atoms with E-state index in [0.717, 1.165) is 31.3 Å². The van der Waals surface area contributed by atoms with Crippen LogP contribution in [0.3, 0.4) is 0 Å². The van der Waals surface area contributed by atoms with Gasteiger partial charge in [-0.3, -0.25) is 14.4 Å². The first-order valence-electron chi connectivity index (χ1n) is 9.02. The number of ether oxygens (including phenoxy) is 1. The van der Waals surface area contributed by atoms with E-state index in [1.807, 2.05) is 6.08 Å². The first-order valence-corrected chi connectivity index (χ1v) is 9.02. The second kappa shape index (κ2) is 5.22. The van der Waals surface area contributed by atoms with Crippen LogP contribution in [0.4, 0.5) is 0 Å². The van der Waals surface area contributed by atoms with Gasteiger partial charge in [-0.2, -0.15) is 0 Å². The van der Waals surface area contributed by atoms with Gasteiger partial charge in [-0.15, -0.1) is 0 Å². The molecule has 4 aliphatic rings. The van der Waals surface area contributed by atoms with Crippen LogP contribution in [0.1, 0.15) is 52.4 Å². The van der Waals surface area contributed by atoms with E-state index in [-0.39, 0.29) is 34.8 Å². The number of carbonyl (C=O) groups is 3. The van der Waals surface area contributed by atoms with Crippen LogP contribution in [0.5, 0.6) is 0 Å². The molecule has 2 saturated carbocycles. The predicted molar refractivity (Wildman–Crippen MR) is 88.3 cm³/mol. The maximum Gasteiger partial charge on any atom is 0.178 e. The summed E-state index contributed by atoms with van der Waals surface area (Å²) < 4.78 is 5.74. The molecule has 5 unspecified atom stereocenters. The molecule has 4 rings (SSSR count). The third-order valence-corrected chi connectivity index (χ3v) is 6.80. The molecule has 24 heavy (non-hydrogen) atoms. The average Bonchev–Trinajstić information content (AvgIpc) is 3.24. The van der Waals surface area contributed by atoms with Crippen molar-refractivity contribution in [2.75, 3.05) is 0 Å². The van der Waals surface area contributed by atoms with E-state index in [2.05, 4.69) is 6.92 Å². The van der Waals surface area contributed by atoms with E-state index in [1.54, 1.807) is 19.1 Å². The molecular formula is C20H24O4. The highest BCUT2D eigenvalue weighted by molar-refractivity contribution is 6.01. The first-order chi connectivity index (χ1) is 11.4. The number of rotatable bonds is 1. The van der Waals surface area contributed by atoms with E-state index in [0.29, 0.717) is 18.8 Å². The van der Waals surface area contributed by atoms with Gasteiger partial charge in [0.2, 0.25) is 0 Å². The summed E-state index contributed by atoms with van der Waals surface area (Å²) in [6, 6.07) is 0. The molecule has 0 aromatic rings. The third-order valence-electron chi connectivity index (χ3n) is 6.80. The Hall–Kier alpha value is -1.55. The summed E-state index contributed by atoms with van der Waals surface area (Å²) in [6.45, 7) is 3.68. The molecule has 0 radical (unpaired) electrons. The molecule has 0 amide bonds. The molecule has 0 aromatic carbocycles. The number of allylic oxidation sites excluding steroid dienone is 4. The van der Waals surface area contributed by atoms with Gasteiger partial charge in [0.05, 0.1) is 6.10 Å². The van der Waals surface area contributed by atoms with Gasteiger partial charge in [0, 0.05) is 17.8 Å². The number of fused-ring (bicyclic) bond motifs is 4. The van der Waals surface area contributed by atoms with Crippen LogP contribution in [0.25, 0.3) is 0 Å². The van der Waals surface area contributed by atoms with Crippen LogP contribution < -0.4 is 0 Å². The molecule has 0 spiro atoms. The Bertz CT molecular complexity index is 688. The second-order valence-electron chi connectivity index (χ2n) is 8.06. The van der Waals surface area contributed by atoms with Crippen molar-refractivity contribution in [1.29, 1.82) is 0 Å². The first kappa shape index (κ1) is 15.9. The minimum Gasteiger partial charge on any atom is -0.358 e. The van der Waals surface area contributed by atoms with Crippen molar-refractivity contribution in [2.45, 2.75) is 64.1 Å². The lowest BCUT2D eigenvalue weighted by molar-refractivity contribution is -0.129. The van der Waals surface area contributed by atoms with Crippen molar-refractivity contribution in [1.82, 2.24) is 0 Å². The largest absolute Gasteiger partial charge is 0.358 e. The zero-order valence-corrected chi connectivity index (χ0v) is 14.3. The highest BCUT2D eigenvalue weighted by Crippen LogP contribution is 2.55. The zero-order chi connectivity index (χ0) is 17.1. The summed E-state index contributed by atoms with van der Waals surface area (Å²) in [5.41, 5.74) is 0.0693. The lowest BCUT2D eigenvalue weighted by Gasteiger charge is -2.46. The molecule has 1 heterocycles. The van der Waals surface area contributed by atoms with Crippen molar-refractivity contribution in [3.8, 4) is 0 Å². The van der Waals surface area contributed by atoms with Gasteiger partial charge >= 0.3 is 0 Å². The highest BCUT2D eigenvalue weighted by atomic mass is 16.6. The SMILES string of the molecule is CC(=O)C12CCC(=O)C3C(CCC4=CC(=O)C=CC43C)CCC1O2. The molecule has 128 valence electrons. The van der Waals surface area contributed by atoms with Crippen molar-refractivity contribution in [2.24, 2.45) is 17.3 Å².